The number of ether oxygens (including phenoxy) is 2. The summed E-state index contributed by atoms with van der Waals surface area (Å²) in [5, 5.41) is 11.5. The van der Waals surface area contributed by atoms with Gasteiger partial charge in [0.1, 0.15) is 12.3 Å². The summed E-state index contributed by atoms with van der Waals surface area (Å²) in [5.41, 5.74) is 5.80. The highest BCUT2D eigenvalue weighted by Gasteiger charge is 2.10. The predicted octanol–water partition coefficient (Wildman–Crippen LogP) is 0.0105. The van der Waals surface area contributed by atoms with Gasteiger partial charge in [-0.3, -0.25) is 0 Å². The summed E-state index contributed by atoms with van der Waals surface area (Å²) in [7, 11) is 1.52. The number of nitrogens with zero attached hydrogens (tertiary/aromatic N) is 4. The maximum Gasteiger partial charge on any atom is 0.253 e. The van der Waals surface area contributed by atoms with Crippen molar-refractivity contribution in [1.82, 2.24) is 20.3 Å². The highest BCUT2D eigenvalue weighted by molar-refractivity contribution is 5.47. The van der Waals surface area contributed by atoms with Gasteiger partial charge < -0.3 is 19.7 Å². The minimum Gasteiger partial charge on any atom is -0.480 e. The second kappa shape index (κ2) is 6.03. The van der Waals surface area contributed by atoms with Crippen molar-refractivity contribution in [2.45, 2.75) is 6.61 Å². The van der Waals surface area contributed by atoms with E-state index in [1.54, 1.807) is 12.1 Å². The molecule has 0 aliphatic carbocycles. The quantitative estimate of drug-likeness (QED) is 0.715. The Bertz CT molecular complexity index is 485. The number of methoxy groups -OCH3 is 1. The zero-order valence-corrected chi connectivity index (χ0v) is 9.87. The molecule has 0 aliphatic rings. The first-order valence-electron chi connectivity index (χ1n) is 5.32. The van der Waals surface area contributed by atoms with E-state index in [-0.39, 0.29) is 6.61 Å². The normalized spacial score (nSPS) is 10.6. The van der Waals surface area contributed by atoms with Gasteiger partial charge in [-0.25, -0.2) is 0 Å². The Morgan fingerprint density at radius 2 is 2.22 bits per heavy atom. The minimum atomic E-state index is 0.230. The van der Waals surface area contributed by atoms with Crippen molar-refractivity contribution >= 4 is 0 Å². The van der Waals surface area contributed by atoms with Gasteiger partial charge in [-0.15, -0.1) is 10.2 Å². The average molecular weight is 251 g/mol. The largest absolute Gasteiger partial charge is 0.480 e. The first-order chi connectivity index (χ1) is 8.83. The molecule has 2 heterocycles. The van der Waals surface area contributed by atoms with E-state index >= 15 is 0 Å². The van der Waals surface area contributed by atoms with Crippen LogP contribution in [-0.4, -0.2) is 40.6 Å². The lowest BCUT2D eigenvalue weighted by Crippen LogP contribution is -2.08. The monoisotopic (exact) mass is 251 g/mol. The molecule has 2 N–H and O–H groups in total. The van der Waals surface area contributed by atoms with Crippen LogP contribution in [0.15, 0.2) is 16.7 Å². The molecule has 8 heteroatoms. The molecule has 96 valence electrons. The van der Waals surface area contributed by atoms with Crippen molar-refractivity contribution in [3.8, 4) is 17.4 Å². The van der Waals surface area contributed by atoms with E-state index in [9.17, 15) is 0 Å². The molecule has 0 bridgehead atoms. The van der Waals surface area contributed by atoms with Gasteiger partial charge in [0.2, 0.25) is 11.7 Å². The summed E-state index contributed by atoms with van der Waals surface area (Å²) in [6.07, 6.45) is 0. The summed E-state index contributed by atoms with van der Waals surface area (Å²) < 4.78 is 15.1. The fourth-order valence-corrected chi connectivity index (χ4v) is 1.21. The van der Waals surface area contributed by atoms with Crippen LogP contribution in [0.3, 0.4) is 0 Å². The van der Waals surface area contributed by atoms with Gasteiger partial charge in [0.05, 0.1) is 13.7 Å². The number of hydrogen-bond donors (Lipinski definition) is 1. The topological polar surface area (TPSA) is 109 Å². The van der Waals surface area contributed by atoms with Gasteiger partial charge in [-0.1, -0.05) is 5.16 Å². The Labute approximate surface area is 103 Å². The van der Waals surface area contributed by atoms with Gasteiger partial charge in [0.15, 0.2) is 0 Å². The van der Waals surface area contributed by atoms with Gasteiger partial charge in [-0.2, -0.15) is 4.98 Å². The number of nitrogens with two attached hydrogens (primary N) is 1. The Hall–Kier alpha value is -2.06. The van der Waals surface area contributed by atoms with Crippen molar-refractivity contribution < 1.29 is 14.0 Å². The molecule has 0 spiro atoms. The van der Waals surface area contributed by atoms with Crippen molar-refractivity contribution in [2.24, 2.45) is 5.73 Å². The molecule has 0 atom stereocenters. The van der Waals surface area contributed by atoms with Crippen molar-refractivity contribution in [1.29, 1.82) is 0 Å². The third-order valence-corrected chi connectivity index (χ3v) is 2.03. The van der Waals surface area contributed by atoms with E-state index in [1.165, 1.54) is 7.11 Å². The fraction of sp³-hybridized carbons (Fsp3) is 0.400. The molecular formula is C10H13N5O3. The van der Waals surface area contributed by atoms with Crippen LogP contribution in [0.5, 0.6) is 5.88 Å². The number of aromatic nitrogens is 4. The van der Waals surface area contributed by atoms with E-state index in [2.05, 4.69) is 20.3 Å². The maximum absolute atomic E-state index is 5.29. The molecule has 0 saturated carbocycles. The highest BCUT2D eigenvalue weighted by Crippen LogP contribution is 2.14. The zero-order chi connectivity index (χ0) is 12.8. The molecule has 2 aromatic rings. The molecule has 8 nitrogen and oxygen atoms in total. The lowest BCUT2D eigenvalue weighted by Gasteiger charge is -1.96. The van der Waals surface area contributed by atoms with E-state index in [1.807, 2.05) is 0 Å². The summed E-state index contributed by atoms with van der Waals surface area (Å²) in [4.78, 5) is 4.12. The summed E-state index contributed by atoms with van der Waals surface area (Å²) in [6, 6.07) is 3.37. The molecular weight excluding hydrogens is 238 g/mol. The minimum absolute atomic E-state index is 0.230. The van der Waals surface area contributed by atoms with Crippen LogP contribution < -0.4 is 10.5 Å². The van der Waals surface area contributed by atoms with E-state index in [4.69, 9.17) is 19.7 Å². The van der Waals surface area contributed by atoms with Crippen LogP contribution in [0.4, 0.5) is 0 Å². The van der Waals surface area contributed by atoms with Gasteiger partial charge >= 0.3 is 0 Å². The van der Waals surface area contributed by atoms with Crippen LogP contribution in [0.1, 0.15) is 5.89 Å². The van der Waals surface area contributed by atoms with E-state index in [0.29, 0.717) is 36.4 Å². The molecule has 0 fully saturated rings. The highest BCUT2D eigenvalue weighted by atomic mass is 16.5. The standard InChI is InChI=1S/C10H13N5O3/c1-16-8-3-2-7(13-14-8)10-12-9(18-15-10)6-17-5-4-11/h2-3H,4-6,11H2,1H3. The molecule has 0 aliphatic heterocycles. The van der Waals surface area contributed by atoms with Gasteiger partial charge in [-0.05, 0) is 6.07 Å². The van der Waals surface area contributed by atoms with E-state index in [0.717, 1.165) is 0 Å². The first kappa shape index (κ1) is 12.4. The lowest BCUT2D eigenvalue weighted by atomic mass is 10.4. The molecule has 0 saturated heterocycles. The molecule has 0 radical (unpaired) electrons. The first-order valence-corrected chi connectivity index (χ1v) is 5.32. The van der Waals surface area contributed by atoms with Gasteiger partial charge in [0.25, 0.3) is 5.89 Å². The molecule has 2 aromatic heterocycles. The van der Waals surface area contributed by atoms with Crippen molar-refractivity contribution in [3.05, 3.63) is 18.0 Å². The summed E-state index contributed by atoms with van der Waals surface area (Å²) >= 11 is 0. The third kappa shape index (κ3) is 2.99. The van der Waals surface area contributed by atoms with Crippen LogP contribution in [-0.2, 0) is 11.3 Å². The Kier molecular flexibility index (Phi) is 4.15. The maximum atomic E-state index is 5.29. The van der Waals surface area contributed by atoms with Crippen LogP contribution >= 0.6 is 0 Å². The summed E-state index contributed by atoms with van der Waals surface area (Å²) in [5.74, 6) is 1.15. The Balaban J connectivity index is 2.04. The average Bonchev–Trinajstić information content (AvgIpc) is 2.88. The number of hydrogen-bond acceptors (Lipinski definition) is 8. The molecule has 18 heavy (non-hydrogen) atoms. The van der Waals surface area contributed by atoms with Crippen LogP contribution in [0.25, 0.3) is 11.5 Å². The van der Waals surface area contributed by atoms with Crippen molar-refractivity contribution in [2.75, 3.05) is 20.3 Å². The van der Waals surface area contributed by atoms with Gasteiger partial charge in [0, 0.05) is 12.6 Å². The summed E-state index contributed by atoms with van der Waals surface area (Å²) in [6.45, 7) is 1.12. The fourth-order valence-electron chi connectivity index (χ4n) is 1.21. The SMILES string of the molecule is COc1ccc(-c2noc(COCCN)n2)nn1. The molecule has 0 aromatic carbocycles. The Morgan fingerprint density at radius 1 is 1.33 bits per heavy atom. The Morgan fingerprint density at radius 3 is 2.89 bits per heavy atom. The molecule has 0 amide bonds. The number of rotatable bonds is 6. The lowest BCUT2D eigenvalue weighted by molar-refractivity contribution is 0.104. The smallest absolute Gasteiger partial charge is 0.253 e. The van der Waals surface area contributed by atoms with Crippen LogP contribution in [0.2, 0.25) is 0 Å². The van der Waals surface area contributed by atoms with Crippen LogP contribution in [0, 0.1) is 0 Å². The van der Waals surface area contributed by atoms with Crippen molar-refractivity contribution in [3.63, 3.8) is 0 Å². The molecule has 2 rings (SSSR count). The zero-order valence-electron chi connectivity index (χ0n) is 9.87. The second-order valence-corrected chi connectivity index (χ2v) is 3.31. The third-order valence-electron chi connectivity index (χ3n) is 2.03. The molecule has 0 unspecified atom stereocenters. The predicted molar refractivity (Wildman–Crippen MR) is 60.6 cm³/mol. The second-order valence-electron chi connectivity index (χ2n) is 3.31. The van der Waals surface area contributed by atoms with E-state index < -0.39 is 0 Å².